The predicted molar refractivity (Wildman–Crippen MR) is 75.6 cm³/mol. The van der Waals surface area contributed by atoms with Gasteiger partial charge in [-0.3, -0.25) is 0 Å². The Morgan fingerprint density at radius 3 is 2.61 bits per heavy atom. The van der Waals surface area contributed by atoms with Crippen molar-refractivity contribution in [1.82, 2.24) is 5.32 Å². The first kappa shape index (κ1) is 15.3. The Hall–Kier alpha value is -0.770. The summed E-state index contributed by atoms with van der Waals surface area (Å²) in [7, 11) is 1.68. The first-order valence-electron chi connectivity index (χ1n) is 6.18. The van der Waals surface area contributed by atoms with Gasteiger partial charge in [-0.05, 0) is 30.7 Å². The van der Waals surface area contributed by atoms with Crippen molar-refractivity contribution in [1.29, 1.82) is 0 Å². The van der Waals surface area contributed by atoms with Gasteiger partial charge in [-0.1, -0.05) is 25.4 Å². The molecule has 4 heteroatoms. The molecule has 0 aliphatic rings. The third-order valence-corrected chi connectivity index (χ3v) is 2.96. The lowest BCUT2D eigenvalue weighted by atomic mass is 10.2. The zero-order chi connectivity index (χ0) is 13.5. The van der Waals surface area contributed by atoms with Crippen LogP contribution < -0.4 is 10.1 Å². The lowest BCUT2D eigenvalue weighted by molar-refractivity contribution is 0.0794. The average Bonchev–Trinajstić information content (AvgIpc) is 2.31. The van der Waals surface area contributed by atoms with Gasteiger partial charge in [-0.25, -0.2) is 0 Å². The SMILES string of the molecule is COCC(CNC(C)C)Oc1ccc(Cl)c(C)c1. The number of hydrogen-bond donors (Lipinski definition) is 1. The minimum atomic E-state index is -0.00187. The second-order valence-corrected chi connectivity index (χ2v) is 5.08. The molecule has 1 unspecified atom stereocenters. The number of rotatable bonds is 7. The Bertz CT molecular complexity index is 369. The van der Waals surface area contributed by atoms with Gasteiger partial charge in [-0.15, -0.1) is 0 Å². The third-order valence-electron chi connectivity index (χ3n) is 2.54. The average molecular weight is 272 g/mol. The summed E-state index contributed by atoms with van der Waals surface area (Å²) < 4.78 is 11.1. The molecule has 0 saturated heterocycles. The zero-order valence-electron chi connectivity index (χ0n) is 11.5. The highest BCUT2D eigenvalue weighted by Gasteiger charge is 2.11. The highest BCUT2D eigenvalue weighted by Crippen LogP contribution is 2.21. The van der Waals surface area contributed by atoms with Crippen molar-refractivity contribution in [3.8, 4) is 5.75 Å². The fourth-order valence-corrected chi connectivity index (χ4v) is 1.69. The summed E-state index contributed by atoms with van der Waals surface area (Å²) in [5.74, 6) is 0.824. The van der Waals surface area contributed by atoms with E-state index in [4.69, 9.17) is 21.1 Å². The standard InChI is InChI=1S/C14H22ClNO2/c1-10(2)16-8-13(9-17-4)18-12-5-6-14(15)11(3)7-12/h5-7,10,13,16H,8-9H2,1-4H3. The van der Waals surface area contributed by atoms with E-state index in [0.717, 1.165) is 22.9 Å². The maximum atomic E-state index is 5.99. The summed E-state index contributed by atoms with van der Waals surface area (Å²) in [6.45, 7) is 7.49. The van der Waals surface area contributed by atoms with Gasteiger partial charge in [0.05, 0.1) is 6.61 Å². The lowest BCUT2D eigenvalue weighted by Crippen LogP contribution is -2.38. The molecule has 0 aliphatic carbocycles. The number of benzene rings is 1. The number of ether oxygens (including phenoxy) is 2. The van der Waals surface area contributed by atoms with Gasteiger partial charge >= 0.3 is 0 Å². The zero-order valence-corrected chi connectivity index (χ0v) is 12.3. The van der Waals surface area contributed by atoms with Crippen molar-refractivity contribution < 1.29 is 9.47 Å². The van der Waals surface area contributed by atoms with Gasteiger partial charge in [0.2, 0.25) is 0 Å². The van der Waals surface area contributed by atoms with E-state index >= 15 is 0 Å². The van der Waals surface area contributed by atoms with Crippen molar-refractivity contribution in [2.45, 2.75) is 32.9 Å². The van der Waals surface area contributed by atoms with Crippen LogP contribution in [0.5, 0.6) is 5.75 Å². The molecule has 1 aromatic carbocycles. The highest BCUT2D eigenvalue weighted by molar-refractivity contribution is 6.31. The molecule has 0 radical (unpaired) electrons. The van der Waals surface area contributed by atoms with Crippen LogP contribution in [0.4, 0.5) is 0 Å². The maximum absolute atomic E-state index is 5.99. The summed E-state index contributed by atoms with van der Waals surface area (Å²) in [5, 5.41) is 4.10. The molecular weight excluding hydrogens is 250 g/mol. The number of aryl methyl sites for hydroxylation is 1. The van der Waals surface area contributed by atoms with Crippen LogP contribution in [-0.4, -0.2) is 32.4 Å². The van der Waals surface area contributed by atoms with E-state index in [1.54, 1.807) is 7.11 Å². The van der Waals surface area contributed by atoms with Crippen LogP contribution in [0.25, 0.3) is 0 Å². The first-order valence-corrected chi connectivity index (χ1v) is 6.56. The summed E-state index contributed by atoms with van der Waals surface area (Å²) in [5.41, 5.74) is 1.02. The van der Waals surface area contributed by atoms with E-state index in [9.17, 15) is 0 Å². The fourth-order valence-electron chi connectivity index (χ4n) is 1.57. The lowest BCUT2D eigenvalue weighted by Gasteiger charge is -2.20. The molecule has 3 nitrogen and oxygen atoms in total. The van der Waals surface area contributed by atoms with Crippen LogP contribution in [0.2, 0.25) is 5.02 Å². The molecule has 1 N–H and O–H groups in total. The molecule has 0 aromatic heterocycles. The largest absolute Gasteiger partial charge is 0.487 e. The third kappa shape index (κ3) is 5.25. The van der Waals surface area contributed by atoms with E-state index in [2.05, 4.69) is 19.2 Å². The summed E-state index contributed by atoms with van der Waals surface area (Å²) in [6, 6.07) is 6.11. The molecule has 0 bridgehead atoms. The summed E-state index contributed by atoms with van der Waals surface area (Å²) in [4.78, 5) is 0. The van der Waals surface area contributed by atoms with Gasteiger partial charge in [0.15, 0.2) is 0 Å². The summed E-state index contributed by atoms with van der Waals surface area (Å²) >= 11 is 5.99. The van der Waals surface area contributed by atoms with Crippen LogP contribution >= 0.6 is 11.6 Å². The molecule has 0 fully saturated rings. The van der Waals surface area contributed by atoms with Crippen LogP contribution in [0, 0.1) is 6.92 Å². The number of hydrogen-bond acceptors (Lipinski definition) is 3. The second-order valence-electron chi connectivity index (χ2n) is 4.67. The molecule has 102 valence electrons. The quantitative estimate of drug-likeness (QED) is 0.827. The Morgan fingerprint density at radius 1 is 1.33 bits per heavy atom. The first-order chi connectivity index (χ1) is 8.52. The van der Waals surface area contributed by atoms with Crippen LogP contribution in [0.15, 0.2) is 18.2 Å². The molecule has 0 saturated carbocycles. The van der Waals surface area contributed by atoms with Crippen molar-refractivity contribution in [3.05, 3.63) is 28.8 Å². The van der Waals surface area contributed by atoms with Gasteiger partial charge in [0, 0.05) is 24.7 Å². The second kappa shape index (κ2) is 7.62. The summed E-state index contributed by atoms with van der Waals surface area (Å²) in [6.07, 6.45) is -0.00187. The van der Waals surface area contributed by atoms with Crippen molar-refractivity contribution in [2.75, 3.05) is 20.3 Å². The van der Waals surface area contributed by atoms with E-state index in [1.165, 1.54) is 0 Å². The minimum absolute atomic E-state index is 0.00187. The minimum Gasteiger partial charge on any atom is -0.487 e. The monoisotopic (exact) mass is 271 g/mol. The van der Waals surface area contributed by atoms with E-state index in [1.807, 2.05) is 25.1 Å². The van der Waals surface area contributed by atoms with Gasteiger partial charge in [0.25, 0.3) is 0 Å². The molecular formula is C14H22ClNO2. The molecule has 0 spiro atoms. The van der Waals surface area contributed by atoms with Gasteiger partial charge in [0.1, 0.15) is 11.9 Å². The Balaban J connectivity index is 2.61. The molecule has 1 atom stereocenters. The van der Waals surface area contributed by atoms with Gasteiger partial charge in [-0.2, -0.15) is 0 Å². The topological polar surface area (TPSA) is 30.5 Å². The van der Waals surface area contributed by atoms with Crippen molar-refractivity contribution in [2.24, 2.45) is 0 Å². The van der Waals surface area contributed by atoms with E-state index in [-0.39, 0.29) is 6.10 Å². The van der Waals surface area contributed by atoms with Gasteiger partial charge < -0.3 is 14.8 Å². The molecule has 0 heterocycles. The number of methoxy groups -OCH3 is 1. The molecule has 0 amide bonds. The van der Waals surface area contributed by atoms with Crippen molar-refractivity contribution in [3.63, 3.8) is 0 Å². The smallest absolute Gasteiger partial charge is 0.134 e. The van der Waals surface area contributed by atoms with Crippen molar-refractivity contribution >= 4 is 11.6 Å². The van der Waals surface area contributed by atoms with Crippen LogP contribution in [-0.2, 0) is 4.74 Å². The normalized spacial score (nSPS) is 12.8. The number of halogens is 1. The van der Waals surface area contributed by atoms with Crippen LogP contribution in [0.1, 0.15) is 19.4 Å². The molecule has 18 heavy (non-hydrogen) atoms. The Labute approximate surface area is 114 Å². The molecule has 1 rings (SSSR count). The maximum Gasteiger partial charge on any atom is 0.134 e. The Kier molecular flexibility index (Phi) is 6.47. The van der Waals surface area contributed by atoms with E-state index in [0.29, 0.717) is 12.6 Å². The number of nitrogens with one attached hydrogen (secondary N) is 1. The predicted octanol–water partition coefficient (Wildman–Crippen LogP) is 3.04. The fraction of sp³-hybridized carbons (Fsp3) is 0.571. The molecule has 1 aromatic rings. The Morgan fingerprint density at radius 2 is 2.06 bits per heavy atom. The van der Waals surface area contributed by atoms with Crippen LogP contribution in [0.3, 0.4) is 0 Å². The van der Waals surface area contributed by atoms with E-state index < -0.39 is 0 Å². The highest BCUT2D eigenvalue weighted by atomic mass is 35.5. The molecule has 0 aliphatic heterocycles.